The van der Waals surface area contributed by atoms with Gasteiger partial charge in [0.2, 0.25) is 0 Å². The molecule has 4 nitrogen and oxygen atoms in total. The Morgan fingerprint density at radius 2 is 2.12 bits per heavy atom. The number of hydrogen-bond donors (Lipinski definition) is 0. The summed E-state index contributed by atoms with van der Waals surface area (Å²) in [6.45, 7) is 2.06. The second-order valence-corrected chi connectivity index (χ2v) is 7.18. The van der Waals surface area contributed by atoms with Gasteiger partial charge in [-0.05, 0) is 24.8 Å². The van der Waals surface area contributed by atoms with Gasteiger partial charge in [0.05, 0.1) is 23.3 Å². The molecule has 0 unspecified atom stereocenters. The van der Waals surface area contributed by atoms with E-state index in [1.54, 1.807) is 0 Å². The van der Waals surface area contributed by atoms with Gasteiger partial charge in [-0.1, -0.05) is 32.3 Å². The third-order valence-electron chi connectivity index (χ3n) is 5.39. The summed E-state index contributed by atoms with van der Waals surface area (Å²) in [5, 5.41) is 0. The van der Waals surface area contributed by atoms with Crippen LogP contribution in [-0.2, 0) is 11.2 Å². The number of hydrogen-bond acceptors (Lipinski definition) is 3. The fraction of sp³-hybridized carbons (Fsp3) is 0.550. The van der Waals surface area contributed by atoms with Gasteiger partial charge in [-0.25, -0.2) is 4.98 Å². The second-order valence-electron chi connectivity index (χ2n) is 7.18. The van der Waals surface area contributed by atoms with Crippen LogP contribution in [0.15, 0.2) is 18.5 Å². The summed E-state index contributed by atoms with van der Waals surface area (Å²) in [7, 11) is 0. The number of allylic oxidation sites excluding steroid dienone is 2. The highest BCUT2D eigenvalue weighted by Crippen LogP contribution is 2.34. The number of Topliss-reactive ketones (excluding diaryl/α,β-unsaturated/α-hetero) is 1. The van der Waals surface area contributed by atoms with Gasteiger partial charge in [-0.2, -0.15) is 0 Å². The molecule has 2 aromatic heterocycles. The van der Waals surface area contributed by atoms with Crippen molar-refractivity contribution in [2.24, 2.45) is 0 Å². The molecule has 0 saturated heterocycles. The molecule has 1 saturated carbocycles. The molecule has 0 atom stereocenters. The molecule has 2 aromatic rings. The molecular formula is C20H25N3O. The van der Waals surface area contributed by atoms with Crippen molar-refractivity contribution in [2.75, 3.05) is 0 Å². The highest BCUT2D eigenvalue weighted by atomic mass is 16.1. The fourth-order valence-electron chi connectivity index (χ4n) is 4.16. The van der Waals surface area contributed by atoms with E-state index in [1.165, 1.54) is 37.8 Å². The number of aromatic nitrogens is 3. The number of fused-ring (bicyclic) bond motifs is 3. The summed E-state index contributed by atoms with van der Waals surface area (Å²) in [6.07, 6.45) is 15.7. The SMILES string of the molecule is CCCC(=O)CC1=CCc2ncc3nc(C4CCCCC4)cn3c21. The maximum Gasteiger partial charge on any atom is 0.156 e. The third kappa shape index (κ3) is 2.79. The Labute approximate surface area is 143 Å². The average Bonchev–Trinajstić information content (AvgIpc) is 3.19. The van der Waals surface area contributed by atoms with Crippen LogP contribution in [0.25, 0.3) is 11.2 Å². The minimum absolute atomic E-state index is 0.321. The lowest BCUT2D eigenvalue weighted by molar-refractivity contribution is -0.118. The molecule has 0 N–H and O–H groups in total. The summed E-state index contributed by atoms with van der Waals surface area (Å²) in [5.41, 5.74) is 5.45. The summed E-state index contributed by atoms with van der Waals surface area (Å²) in [4.78, 5) is 21.6. The monoisotopic (exact) mass is 323 g/mol. The van der Waals surface area contributed by atoms with Crippen molar-refractivity contribution in [3.63, 3.8) is 0 Å². The van der Waals surface area contributed by atoms with Crippen molar-refractivity contribution < 1.29 is 4.79 Å². The van der Waals surface area contributed by atoms with Crippen LogP contribution in [0.5, 0.6) is 0 Å². The largest absolute Gasteiger partial charge is 0.299 e. The van der Waals surface area contributed by atoms with Crippen molar-refractivity contribution >= 4 is 17.0 Å². The van der Waals surface area contributed by atoms with Crippen LogP contribution in [0.3, 0.4) is 0 Å². The minimum Gasteiger partial charge on any atom is -0.299 e. The molecule has 24 heavy (non-hydrogen) atoms. The van der Waals surface area contributed by atoms with Crippen LogP contribution in [0.1, 0.15) is 81.3 Å². The van der Waals surface area contributed by atoms with Gasteiger partial charge in [-0.15, -0.1) is 0 Å². The first-order valence-electron chi connectivity index (χ1n) is 9.34. The van der Waals surface area contributed by atoms with Gasteiger partial charge in [-0.3, -0.25) is 14.2 Å². The van der Waals surface area contributed by atoms with E-state index in [4.69, 9.17) is 4.98 Å². The first-order chi connectivity index (χ1) is 11.8. The molecule has 0 bridgehead atoms. The molecule has 0 aromatic carbocycles. The molecule has 2 aliphatic rings. The normalized spacial score (nSPS) is 18.0. The highest BCUT2D eigenvalue weighted by molar-refractivity contribution is 5.91. The predicted molar refractivity (Wildman–Crippen MR) is 95.0 cm³/mol. The maximum absolute atomic E-state index is 12.1. The Hall–Kier alpha value is -1.97. The van der Waals surface area contributed by atoms with Gasteiger partial charge in [0.25, 0.3) is 0 Å². The van der Waals surface area contributed by atoms with E-state index < -0.39 is 0 Å². The molecule has 2 aliphatic carbocycles. The van der Waals surface area contributed by atoms with Crippen LogP contribution < -0.4 is 0 Å². The van der Waals surface area contributed by atoms with Crippen LogP contribution in [-0.4, -0.2) is 20.2 Å². The Balaban J connectivity index is 1.68. The van der Waals surface area contributed by atoms with E-state index in [1.807, 2.05) is 6.20 Å². The summed E-state index contributed by atoms with van der Waals surface area (Å²) >= 11 is 0. The van der Waals surface area contributed by atoms with Crippen LogP contribution in [0.2, 0.25) is 0 Å². The number of imidazole rings is 1. The van der Waals surface area contributed by atoms with Gasteiger partial charge in [0, 0.05) is 31.4 Å². The minimum atomic E-state index is 0.321. The standard InChI is InChI=1S/C20H25N3O/c1-2-6-16(24)11-15-9-10-17-20(15)23-13-18(22-19(23)12-21-17)14-7-4-3-5-8-14/h9,12-14H,2-8,10-11H2,1H3. The first kappa shape index (κ1) is 15.6. The fourth-order valence-corrected chi connectivity index (χ4v) is 4.16. The van der Waals surface area contributed by atoms with Crippen LogP contribution >= 0.6 is 0 Å². The van der Waals surface area contributed by atoms with E-state index in [-0.39, 0.29) is 0 Å². The summed E-state index contributed by atoms with van der Waals surface area (Å²) < 4.78 is 2.18. The second kappa shape index (κ2) is 6.50. The zero-order chi connectivity index (χ0) is 16.5. The number of rotatable bonds is 5. The Kier molecular flexibility index (Phi) is 4.21. The predicted octanol–water partition coefficient (Wildman–Crippen LogP) is 4.48. The smallest absolute Gasteiger partial charge is 0.156 e. The Morgan fingerprint density at radius 1 is 1.29 bits per heavy atom. The zero-order valence-corrected chi connectivity index (χ0v) is 14.4. The molecule has 0 amide bonds. The third-order valence-corrected chi connectivity index (χ3v) is 5.39. The van der Waals surface area contributed by atoms with E-state index in [0.717, 1.165) is 35.4 Å². The van der Waals surface area contributed by atoms with E-state index in [2.05, 4.69) is 28.6 Å². The van der Waals surface area contributed by atoms with Crippen molar-refractivity contribution in [3.05, 3.63) is 35.6 Å². The molecule has 0 aliphatic heterocycles. The van der Waals surface area contributed by atoms with E-state index in [0.29, 0.717) is 24.5 Å². The molecule has 4 heteroatoms. The average molecular weight is 323 g/mol. The molecular weight excluding hydrogens is 298 g/mol. The number of ketones is 1. The van der Waals surface area contributed by atoms with Crippen molar-refractivity contribution in [1.82, 2.24) is 14.4 Å². The number of carbonyl (C=O) groups excluding carboxylic acids is 1. The summed E-state index contributed by atoms with van der Waals surface area (Å²) in [6, 6.07) is 0. The quantitative estimate of drug-likeness (QED) is 0.815. The lowest BCUT2D eigenvalue weighted by atomic mass is 9.87. The Morgan fingerprint density at radius 3 is 2.92 bits per heavy atom. The first-order valence-corrected chi connectivity index (χ1v) is 9.34. The molecule has 2 heterocycles. The molecule has 1 fully saturated rings. The van der Waals surface area contributed by atoms with Crippen molar-refractivity contribution in [2.45, 2.75) is 70.6 Å². The number of carbonyl (C=O) groups is 1. The van der Waals surface area contributed by atoms with Crippen molar-refractivity contribution in [3.8, 4) is 0 Å². The zero-order valence-electron chi connectivity index (χ0n) is 14.4. The van der Waals surface area contributed by atoms with Gasteiger partial charge in [0.1, 0.15) is 5.78 Å². The van der Waals surface area contributed by atoms with Gasteiger partial charge >= 0.3 is 0 Å². The van der Waals surface area contributed by atoms with Crippen LogP contribution in [0.4, 0.5) is 0 Å². The lowest BCUT2D eigenvalue weighted by Crippen LogP contribution is -2.04. The van der Waals surface area contributed by atoms with Crippen LogP contribution in [0, 0.1) is 0 Å². The highest BCUT2D eigenvalue weighted by Gasteiger charge is 2.24. The van der Waals surface area contributed by atoms with Gasteiger partial charge < -0.3 is 0 Å². The number of nitrogens with zero attached hydrogens (tertiary/aromatic N) is 3. The lowest BCUT2D eigenvalue weighted by Gasteiger charge is -2.19. The topological polar surface area (TPSA) is 47.3 Å². The summed E-state index contributed by atoms with van der Waals surface area (Å²) in [5.74, 6) is 0.908. The maximum atomic E-state index is 12.1. The molecule has 4 rings (SSSR count). The molecule has 126 valence electrons. The molecule has 0 radical (unpaired) electrons. The van der Waals surface area contributed by atoms with E-state index in [9.17, 15) is 4.79 Å². The Bertz CT molecular complexity index is 797. The molecule has 0 spiro atoms. The van der Waals surface area contributed by atoms with Gasteiger partial charge in [0.15, 0.2) is 5.65 Å². The van der Waals surface area contributed by atoms with E-state index >= 15 is 0 Å². The van der Waals surface area contributed by atoms with Crippen molar-refractivity contribution in [1.29, 1.82) is 0 Å².